The Morgan fingerprint density at radius 2 is 2.00 bits per heavy atom. The van der Waals surface area contributed by atoms with Crippen LogP contribution in [0.25, 0.3) is 11.3 Å². The van der Waals surface area contributed by atoms with Crippen LogP contribution in [0.3, 0.4) is 0 Å². The lowest BCUT2D eigenvalue weighted by atomic mass is 10.1. The molecule has 0 bridgehead atoms. The van der Waals surface area contributed by atoms with Crippen molar-refractivity contribution in [2.45, 2.75) is 6.42 Å². The quantitative estimate of drug-likeness (QED) is 0.750. The van der Waals surface area contributed by atoms with Crippen LogP contribution in [-0.2, 0) is 0 Å². The Kier molecular flexibility index (Phi) is 5.11. The van der Waals surface area contributed by atoms with Gasteiger partial charge in [-0.25, -0.2) is 0 Å². The molecule has 27 heavy (non-hydrogen) atoms. The number of carbonyl (C=O) groups excluding carboxylic acids is 1. The molecule has 1 N–H and O–H groups in total. The molecule has 0 saturated carbocycles. The molecular weight excluding hydrogens is 360 g/mol. The van der Waals surface area contributed by atoms with Gasteiger partial charge in [0.1, 0.15) is 5.75 Å². The Balaban J connectivity index is 1.43. The van der Waals surface area contributed by atoms with Gasteiger partial charge < -0.3 is 14.5 Å². The molecule has 3 heterocycles. The fraction of sp³-hybridized carbons (Fsp3) is 0.300. The molecule has 3 aromatic rings. The number of rotatable bonds is 4. The highest BCUT2D eigenvalue weighted by atomic mass is 32.1. The van der Waals surface area contributed by atoms with E-state index in [1.807, 2.05) is 46.0 Å². The van der Waals surface area contributed by atoms with Gasteiger partial charge in [-0.15, -0.1) is 0 Å². The lowest BCUT2D eigenvalue weighted by molar-refractivity contribution is 0.0767. The molecule has 1 aromatic carbocycles. The summed E-state index contributed by atoms with van der Waals surface area (Å²) in [4.78, 5) is 16.8. The Labute approximate surface area is 162 Å². The van der Waals surface area contributed by atoms with Crippen LogP contribution in [0.5, 0.6) is 5.75 Å². The fourth-order valence-electron chi connectivity index (χ4n) is 3.31. The third-order valence-corrected chi connectivity index (χ3v) is 5.52. The Hall–Kier alpha value is -2.80. The summed E-state index contributed by atoms with van der Waals surface area (Å²) in [6.07, 6.45) is 0.931. The summed E-state index contributed by atoms with van der Waals surface area (Å²) in [6.45, 7) is 3.16. The van der Waals surface area contributed by atoms with Crippen LogP contribution in [-0.4, -0.2) is 54.3 Å². The summed E-state index contributed by atoms with van der Waals surface area (Å²) in [6, 6.07) is 11.9. The highest BCUT2D eigenvalue weighted by Crippen LogP contribution is 2.25. The first-order valence-corrected chi connectivity index (χ1v) is 9.95. The summed E-state index contributed by atoms with van der Waals surface area (Å²) < 4.78 is 5.21. The zero-order chi connectivity index (χ0) is 18.6. The molecule has 1 fully saturated rings. The molecule has 1 aliphatic rings. The van der Waals surface area contributed by atoms with Gasteiger partial charge >= 0.3 is 0 Å². The molecule has 0 unspecified atom stereocenters. The van der Waals surface area contributed by atoms with E-state index in [-0.39, 0.29) is 5.91 Å². The summed E-state index contributed by atoms with van der Waals surface area (Å²) in [5, 5.41) is 11.5. The van der Waals surface area contributed by atoms with E-state index in [9.17, 15) is 4.79 Å². The topological polar surface area (TPSA) is 61.5 Å². The minimum absolute atomic E-state index is 0.124. The third kappa shape index (κ3) is 3.83. The second kappa shape index (κ2) is 7.84. The minimum atomic E-state index is 0.124. The maximum absolute atomic E-state index is 12.6. The maximum Gasteiger partial charge on any atom is 0.254 e. The lowest BCUT2D eigenvalue weighted by Crippen LogP contribution is -2.35. The predicted octanol–water partition coefficient (Wildman–Crippen LogP) is 3.50. The van der Waals surface area contributed by atoms with E-state index >= 15 is 0 Å². The average Bonchev–Trinajstić information content (AvgIpc) is 3.36. The predicted molar refractivity (Wildman–Crippen MR) is 108 cm³/mol. The lowest BCUT2D eigenvalue weighted by Gasteiger charge is -2.21. The second-order valence-electron chi connectivity index (χ2n) is 6.51. The van der Waals surface area contributed by atoms with E-state index in [0.717, 1.165) is 54.4 Å². The van der Waals surface area contributed by atoms with Crippen molar-refractivity contribution in [3.05, 3.63) is 52.7 Å². The molecule has 1 aliphatic heterocycles. The number of aromatic nitrogens is 2. The summed E-state index contributed by atoms with van der Waals surface area (Å²) >= 11 is 1.56. The third-order valence-electron chi connectivity index (χ3n) is 4.84. The molecule has 4 rings (SSSR count). The van der Waals surface area contributed by atoms with E-state index in [0.29, 0.717) is 6.54 Å². The number of anilines is 1. The van der Waals surface area contributed by atoms with Gasteiger partial charge in [0.15, 0.2) is 5.82 Å². The first-order valence-electron chi connectivity index (χ1n) is 9.01. The summed E-state index contributed by atoms with van der Waals surface area (Å²) in [5.41, 5.74) is 2.83. The van der Waals surface area contributed by atoms with Gasteiger partial charge in [0.25, 0.3) is 5.91 Å². The van der Waals surface area contributed by atoms with Crippen LogP contribution >= 0.6 is 11.3 Å². The van der Waals surface area contributed by atoms with Crippen LogP contribution in [0.1, 0.15) is 16.8 Å². The molecule has 0 aliphatic carbocycles. The van der Waals surface area contributed by atoms with Crippen molar-refractivity contribution < 1.29 is 9.53 Å². The van der Waals surface area contributed by atoms with Crippen molar-refractivity contribution >= 4 is 23.1 Å². The smallest absolute Gasteiger partial charge is 0.254 e. The number of aromatic amines is 1. The molecule has 1 saturated heterocycles. The van der Waals surface area contributed by atoms with E-state index < -0.39 is 0 Å². The molecule has 0 radical (unpaired) electrons. The van der Waals surface area contributed by atoms with E-state index in [1.165, 1.54) is 0 Å². The summed E-state index contributed by atoms with van der Waals surface area (Å²) in [5.74, 6) is 1.88. The van der Waals surface area contributed by atoms with Crippen molar-refractivity contribution in [2.24, 2.45) is 0 Å². The Morgan fingerprint density at radius 3 is 2.74 bits per heavy atom. The number of hydrogen-bond donors (Lipinski definition) is 1. The number of benzene rings is 1. The minimum Gasteiger partial charge on any atom is -0.497 e. The van der Waals surface area contributed by atoms with Crippen molar-refractivity contribution in [3.63, 3.8) is 0 Å². The first-order chi connectivity index (χ1) is 13.2. The van der Waals surface area contributed by atoms with Gasteiger partial charge in [-0.2, -0.15) is 16.4 Å². The van der Waals surface area contributed by atoms with Gasteiger partial charge in [0.05, 0.1) is 18.4 Å². The zero-order valence-corrected chi connectivity index (χ0v) is 16.0. The van der Waals surface area contributed by atoms with E-state index in [1.54, 1.807) is 18.4 Å². The molecule has 0 atom stereocenters. The SMILES string of the molecule is COc1ccc(-c2cc(N3CCCN(C(=O)c4ccsc4)CC3)n[nH]2)cc1. The normalized spacial score (nSPS) is 14.9. The van der Waals surface area contributed by atoms with Crippen LogP contribution in [0.2, 0.25) is 0 Å². The molecule has 0 spiro atoms. The number of nitrogens with zero attached hydrogens (tertiary/aromatic N) is 3. The summed E-state index contributed by atoms with van der Waals surface area (Å²) in [7, 11) is 1.66. The van der Waals surface area contributed by atoms with E-state index in [4.69, 9.17) is 4.74 Å². The van der Waals surface area contributed by atoms with Crippen LogP contribution in [0, 0.1) is 0 Å². The largest absolute Gasteiger partial charge is 0.497 e. The van der Waals surface area contributed by atoms with Crippen molar-refractivity contribution in [2.75, 3.05) is 38.2 Å². The number of thiophene rings is 1. The molecule has 2 aromatic heterocycles. The number of ether oxygens (including phenoxy) is 1. The van der Waals surface area contributed by atoms with Crippen molar-refractivity contribution in [3.8, 4) is 17.0 Å². The van der Waals surface area contributed by atoms with Gasteiger partial charge in [0.2, 0.25) is 0 Å². The van der Waals surface area contributed by atoms with E-state index in [2.05, 4.69) is 21.2 Å². The fourth-order valence-corrected chi connectivity index (χ4v) is 3.94. The Bertz CT molecular complexity index is 889. The zero-order valence-electron chi connectivity index (χ0n) is 15.2. The second-order valence-corrected chi connectivity index (χ2v) is 7.29. The number of carbonyl (C=O) groups is 1. The van der Waals surface area contributed by atoms with Gasteiger partial charge in [-0.1, -0.05) is 0 Å². The van der Waals surface area contributed by atoms with Crippen LogP contribution in [0.15, 0.2) is 47.2 Å². The monoisotopic (exact) mass is 382 g/mol. The molecule has 6 nitrogen and oxygen atoms in total. The highest BCUT2D eigenvalue weighted by molar-refractivity contribution is 7.08. The molecule has 140 valence electrons. The van der Waals surface area contributed by atoms with Gasteiger partial charge in [-0.05, 0) is 47.7 Å². The molecule has 1 amide bonds. The number of nitrogens with one attached hydrogen (secondary N) is 1. The van der Waals surface area contributed by atoms with Gasteiger partial charge in [0, 0.05) is 37.6 Å². The number of H-pyrrole nitrogens is 1. The standard InChI is InChI=1S/C20H22N4O2S/c1-26-17-5-3-15(4-6-17)18-13-19(22-21-18)23-8-2-9-24(11-10-23)20(25)16-7-12-27-14-16/h3-7,12-14H,2,8-11H2,1H3,(H,21,22). The first kappa shape index (κ1) is 17.6. The average molecular weight is 382 g/mol. The maximum atomic E-state index is 12.6. The number of hydrogen-bond acceptors (Lipinski definition) is 5. The van der Waals surface area contributed by atoms with Crippen molar-refractivity contribution in [1.29, 1.82) is 0 Å². The molecule has 7 heteroatoms. The van der Waals surface area contributed by atoms with Crippen LogP contribution < -0.4 is 9.64 Å². The number of amides is 1. The number of methoxy groups -OCH3 is 1. The molecular formula is C20H22N4O2S. The van der Waals surface area contributed by atoms with Gasteiger partial charge in [-0.3, -0.25) is 9.89 Å². The highest BCUT2D eigenvalue weighted by Gasteiger charge is 2.21. The van der Waals surface area contributed by atoms with Crippen LogP contribution in [0.4, 0.5) is 5.82 Å². The van der Waals surface area contributed by atoms with Crippen molar-refractivity contribution in [1.82, 2.24) is 15.1 Å². The Morgan fingerprint density at radius 1 is 1.15 bits per heavy atom.